The van der Waals surface area contributed by atoms with Crippen molar-refractivity contribution in [1.29, 1.82) is 0 Å². The van der Waals surface area contributed by atoms with Crippen molar-refractivity contribution >= 4 is 21.6 Å². The molecule has 1 aliphatic heterocycles. The number of fused-ring (bicyclic) bond motifs is 1. The van der Waals surface area contributed by atoms with E-state index in [0.717, 1.165) is 24.9 Å². The van der Waals surface area contributed by atoms with Gasteiger partial charge >= 0.3 is 5.69 Å². The Hall–Kier alpha value is -1.40. The molecular weight excluding hydrogens is 250 g/mol. The van der Waals surface area contributed by atoms with E-state index in [1.54, 1.807) is 11.6 Å². The van der Waals surface area contributed by atoms with E-state index < -0.39 is 0 Å². The highest BCUT2D eigenvalue weighted by Crippen LogP contribution is 2.17. The van der Waals surface area contributed by atoms with Crippen LogP contribution in [0.2, 0.25) is 0 Å². The standard InChI is InChI=1S/C12H15N3O2S/c1-14-9-4-6-18-10(9)11(16)15(12(14)17)8-3-2-5-13-7-8/h4,6,8,13H,2-3,5,7H2,1H3/t8-/m1/s1. The Morgan fingerprint density at radius 3 is 3.00 bits per heavy atom. The van der Waals surface area contributed by atoms with Crippen LogP contribution in [0.3, 0.4) is 0 Å². The molecule has 3 rings (SSSR count). The SMILES string of the molecule is Cn1c(=O)n([C@@H]2CCCNC2)c(=O)c2sccc21. The lowest BCUT2D eigenvalue weighted by Gasteiger charge is -2.24. The normalized spacial score (nSPS) is 20.4. The first kappa shape index (κ1) is 11.7. The van der Waals surface area contributed by atoms with E-state index in [-0.39, 0.29) is 17.3 Å². The highest BCUT2D eigenvalue weighted by molar-refractivity contribution is 7.17. The van der Waals surface area contributed by atoms with Gasteiger partial charge < -0.3 is 5.32 Å². The van der Waals surface area contributed by atoms with Crippen LogP contribution in [0.25, 0.3) is 10.2 Å². The van der Waals surface area contributed by atoms with Gasteiger partial charge in [0.2, 0.25) is 0 Å². The predicted molar refractivity (Wildman–Crippen MR) is 72.5 cm³/mol. The fourth-order valence-corrected chi connectivity index (χ4v) is 3.42. The average molecular weight is 265 g/mol. The smallest absolute Gasteiger partial charge is 0.315 e. The molecule has 0 spiro atoms. The topological polar surface area (TPSA) is 56.0 Å². The molecule has 0 saturated carbocycles. The number of thiophene rings is 1. The summed E-state index contributed by atoms with van der Waals surface area (Å²) in [5, 5.41) is 5.10. The predicted octanol–water partition coefficient (Wildman–Crippen LogP) is 0.686. The number of hydrogen-bond donors (Lipinski definition) is 1. The summed E-state index contributed by atoms with van der Waals surface area (Å²) in [6.07, 6.45) is 1.89. The molecule has 3 heterocycles. The molecule has 0 radical (unpaired) electrons. The van der Waals surface area contributed by atoms with Gasteiger partial charge in [-0.2, -0.15) is 0 Å². The molecule has 0 bridgehead atoms. The summed E-state index contributed by atoms with van der Waals surface area (Å²) in [6.45, 7) is 1.67. The van der Waals surface area contributed by atoms with Gasteiger partial charge in [-0.1, -0.05) is 0 Å². The fraction of sp³-hybridized carbons (Fsp3) is 0.500. The summed E-state index contributed by atoms with van der Waals surface area (Å²) in [5.74, 6) is 0. The van der Waals surface area contributed by atoms with Crippen LogP contribution in [0.1, 0.15) is 18.9 Å². The molecule has 1 N–H and O–H groups in total. The first-order valence-electron chi connectivity index (χ1n) is 6.09. The van der Waals surface area contributed by atoms with Gasteiger partial charge in [0.15, 0.2) is 0 Å². The summed E-state index contributed by atoms with van der Waals surface area (Å²) >= 11 is 1.40. The zero-order chi connectivity index (χ0) is 12.7. The van der Waals surface area contributed by atoms with Gasteiger partial charge in [-0.15, -0.1) is 11.3 Å². The first-order chi connectivity index (χ1) is 8.70. The molecule has 5 nitrogen and oxygen atoms in total. The van der Waals surface area contributed by atoms with Gasteiger partial charge in [-0.25, -0.2) is 4.79 Å². The Morgan fingerprint density at radius 1 is 1.44 bits per heavy atom. The van der Waals surface area contributed by atoms with Gasteiger partial charge in [0.05, 0.1) is 11.6 Å². The van der Waals surface area contributed by atoms with Crippen molar-refractivity contribution in [2.45, 2.75) is 18.9 Å². The number of nitrogens with one attached hydrogen (secondary N) is 1. The van der Waals surface area contributed by atoms with Gasteiger partial charge in [0.25, 0.3) is 5.56 Å². The minimum atomic E-state index is -0.209. The lowest BCUT2D eigenvalue weighted by atomic mass is 10.1. The zero-order valence-electron chi connectivity index (χ0n) is 10.2. The molecule has 0 amide bonds. The average Bonchev–Trinajstić information content (AvgIpc) is 2.87. The monoisotopic (exact) mass is 265 g/mol. The molecule has 2 aromatic rings. The summed E-state index contributed by atoms with van der Waals surface area (Å²) in [5.41, 5.74) is 0.381. The highest BCUT2D eigenvalue weighted by atomic mass is 32.1. The van der Waals surface area contributed by atoms with Crippen molar-refractivity contribution in [3.8, 4) is 0 Å². The maximum absolute atomic E-state index is 12.4. The van der Waals surface area contributed by atoms with E-state index in [1.807, 2.05) is 11.4 Å². The Kier molecular flexibility index (Phi) is 2.83. The molecule has 1 aliphatic rings. The maximum Gasteiger partial charge on any atom is 0.331 e. The van der Waals surface area contributed by atoms with Crippen molar-refractivity contribution in [2.24, 2.45) is 7.05 Å². The summed E-state index contributed by atoms with van der Waals surface area (Å²) in [6, 6.07) is 1.81. The van der Waals surface area contributed by atoms with Gasteiger partial charge in [0, 0.05) is 13.6 Å². The second-order valence-electron chi connectivity index (χ2n) is 4.65. The largest absolute Gasteiger partial charge is 0.331 e. The molecule has 2 aromatic heterocycles. The lowest BCUT2D eigenvalue weighted by Crippen LogP contribution is -2.45. The number of hydrogen-bond acceptors (Lipinski definition) is 4. The number of aryl methyl sites for hydroxylation is 1. The number of piperidine rings is 1. The molecule has 1 atom stereocenters. The highest BCUT2D eigenvalue weighted by Gasteiger charge is 2.21. The van der Waals surface area contributed by atoms with Crippen molar-refractivity contribution in [3.05, 3.63) is 32.3 Å². The van der Waals surface area contributed by atoms with Gasteiger partial charge in [0.1, 0.15) is 4.70 Å². The van der Waals surface area contributed by atoms with E-state index >= 15 is 0 Å². The van der Waals surface area contributed by atoms with Crippen LogP contribution >= 0.6 is 11.3 Å². The van der Waals surface area contributed by atoms with E-state index in [9.17, 15) is 9.59 Å². The van der Waals surface area contributed by atoms with Crippen LogP contribution in [0.5, 0.6) is 0 Å². The second kappa shape index (κ2) is 4.37. The van der Waals surface area contributed by atoms with Gasteiger partial charge in [-0.3, -0.25) is 13.9 Å². The van der Waals surface area contributed by atoms with Crippen LogP contribution in [0.4, 0.5) is 0 Å². The Balaban J connectivity index is 2.28. The minimum Gasteiger partial charge on any atom is -0.315 e. The summed E-state index contributed by atoms with van der Waals surface area (Å²) in [4.78, 5) is 24.7. The molecule has 0 unspecified atom stereocenters. The third-order valence-electron chi connectivity index (χ3n) is 3.55. The van der Waals surface area contributed by atoms with Crippen LogP contribution < -0.4 is 16.6 Å². The minimum absolute atomic E-state index is 0.0172. The molecule has 0 aliphatic carbocycles. The first-order valence-corrected chi connectivity index (χ1v) is 6.97. The van der Waals surface area contributed by atoms with E-state index in [4.69, 9.17) is 0 Å². The Labute approximate surface area is 108 Å². The molecule has 6 heteroatoms. The Bertz CT molecular complexity index is 691. The summed E-state index contributed by atoms with van der Waals surface area (Å²) in [7, 11) is 1.73. The molecule has 18 heavy (non-hydrogen) atoms. The Morgan fingerprint density at radius 2 is 2.28 bits per heavy atom. The van der Waals surface area contributed by atoms with Crippen LogP contribution in [-0.2, 0) is 7.05 Å². The second-order valence-corrected chi connectivity index (χ2v) is 5.57. The molecular formula is C12H15N3O2S. The van der Waals surface area contributed by atoms with Crippen LogP contribution in [-0.4, -0.2) is 22.2 Å². The molecule has 96 valence electrons. The number of aromatic nitrogens is 2. The van der Waals surface area contributed by atoms with E-state index in [0.29, 0.717) is 11.2 Å². The third kappa shape index (κ3) is 1.64. The third-order valence-corrected chi connectivity index (χ3v) is 4.44. The van der Waals surface area contributed by atoms with E-state index in [2.05, 4.69) is 5.32 Å². The lowest BCUT2D eigenvalue weighted by molar-refractivity contribution is 0.351. The molecule has 1 saturated heterocycles. The number of nitrogens with zero attached hydrogens (tertiary/aromatic N) is 2. The molecule has 0 aromatic carbocycles. The quantitative estimate of drug-likeness (QED) is 0.825. The zero-order valence-corrected chi connectivity index (χ0v) is 11.0. The maximum atomic E-state index is 12.4. The number of rotatable bonds is 1. The van der Waals surface area contributed by atoms with Crippen molar-refractivity contribution in [2.75, 3.05) is 13.1 Å². The van der Waals surface area contributed by atoms with Crippen molar-refractivity contribution in [3.63, 3.8) is 0 Å². The van der Waals surface area contributed by atoms with Crippen LogP contribution in [0.15, 0.2) is 21.0 Å². The van der Waals surface area contributed by atoms with E-state index in [1.165, 1.54) is 15.9 Å². The fourth-order valence-electron chi connectivity index (χ4n) is 2.56. The van der Waals surface area contributed by atoms with Crippen LogP contribution in [0, 0.1) is 0 Å². The van der Waals surface area contributed by atoms with Crippen molar-refractivity contribution in [1.82, 2.24) is 14.5 Å². The van der Waals surface area contributed by atoms with Gasteiger partial charge in [-0.05, 0) is 30.8 Å². The molecule has 1 fully saturated rings. The summed E-state index contributed by atoms with van der Waals surface area (Å²) < 4.78 is 3.66. The van der Waals surface area contributed by atoms with Crippen molar-refractivity contribution < 1.29 is 0 Å².